The van der Waals surface area contributed by atoms with Gasteiger partial charge in [0, 0.05) is 23.9 Å². The first-order chi connectivity index (χ1) is 14.1. The third-order valence-corrected chi connectivity index (χ3v) is 5.27. The van der Waals surface area contributed by atoms with Crippen LogP contribution in [0, 0.1) is 0 Å². The number of rotatable bonds is 8. The summed E-state index contributed by atoms with van der Waals surface area (Å²) in [5, 5.41) is 3.00. The van der Waals surface area contributed by atoms with E-state index in [1.807, 2.05) is 12.1 Å². The molecule has 1 amide bonds. The van der Waals surface area contributed by atoms with Crippen molar-refractivity contribution < 1.29 is 23.9 Å². The second kappa shape index (κ2) is 10.0. The summed E-state index contributed by atoms with van der Waals surface area (Å²) in [5.74, 6) is 1.90. The molecular formula is C22H30N3O4+. The molecular weight excluding hydrogens is 370 g/mol. The van der Waals surface area contributed by atoms with E-state index in [9.17, 15) is 4.79 Å². The first-order valence-electron chi connectivity index (χ1n) is 9.83. The molecule has 0 aliphatic carbocycles. The lowest BCUT2D eigenvalue weighted by atomic mass is 10.1. The number of benzene rings is 2. The molecule has 0 radical (unpaired) electrons. The zero-order valence-electron chi connectivity index (χ0n) is 17.4. The van der Waals surface area contributed by atoms with E-state index < -0.39 is 0 Å². The summed E-state index contributed by atoms with van der Waals surface area (Å²) >= 11 is 0. The molecule has 0 spiro atoms. The van der Waals surface area contributed by atoms with Gasteiger partial charge >= 0.3 is 0 Å². The molecule has 1 saturated heterocycles. The fraction of sp³-hybridized carbons (Fsp3) is 0.409. The van der Waals surface area contributed by atoms with Crippen LogP contribution in [0.2, 0.25) is 0 Å². The van der Waals surface area contributed by atoms with Crippen LogP contribution in [-0.4, -0.2) is 60.0 Å². The molecule has 0 unspecified atom stereocenters. The number of anilines is 1. The van der Waals surface area contributed by atoms with Gasteiger partial charge in [-0.3, -0.25) is 4.79 Å². The number of nitrogens with one attached hydrogen (secondary N) is 2. The van der Waals surface area contributed by atoms with Crippen molar-refractivity contribution in [2.24, 2.45) is 0 Å². The number of carbonyl (C=O) groups is 1. The van der Waals surface area contributed by atoms with E-state index in [0.717, 1.165) is 31.7 Å². The highest BCUT2D eigenvalue weighted by molar-refractivity contribution is 5.77. The number of ether oxygens (including phenoxy) is 3. The third-order valence-electron chi connectivity index (χ3n) is 5.27. The highest BCUT2D eigenvalue weighted by atomic mass is 16.5. The largest absolute Gasteiger partial charge is 0.496 e. The molecule has 156 valence electrons. The molecule has 0 aromatic heterocycles. The smallest absolute Gasteiger partial charge is 0.275 e. The van der Waals surface area contributed by atoms with Crippen molar-refractivity contribution >= 4 is 11.6 Å². The first kappa shape index (κ1) is 20.8. The molecule has 2 N–H and O–H groups in total. The van der Waals surface area contributed by atoms with Crippen LogP contribution in [0.1, 0.15) is 5.56 Å². The van der Waals surface area contributed by atoms with Crippen LogP contribution in [0.4, 0.5) is 5.69 Å². The maximum Gasteiger partial charge on any atom is 0.275 e. The summed E-state index contributed by atoms with van der Waals surface area (Å²) in [5.41, 5.74) is 2.10. The van der Waals surface area contributed by atoms with E-state index in [2.05, 4.69) is 34.5 Å². The molecule has 0 atom stereocenters. The van der Waals surface area contributed by atoms with Crippen LogP contribution in [-0.2, 0) is 11.3 Å². The molecule has 1 aliphatic rings. The van der Waals surface area contributed by atoms with Crippen LogP contribution in [0.25, 0.3) is 0 Å². The average Bonchev–Trinajstić information content (AvgIpc) is 2.78. The van der Waals surface area contributed by atoms with Crippen LogP contribution in [0.15, 0.2) is 42.5 Å². The summed E-state index contributed by atoms with van der Waals surface area (Å²) < 4.78 is 16.1. The molecule has 7 heteroatoms. The average molecular weight is 400 g/mol. The Morgan fingerprint density at radius 3 is 2.21 bits per heavy atom. The monoisotopic (exact) mass is 400 g/mol. The minimum Gasteiger partial charge on any atom is -0.496 e. The van der Waals surface area contributed by atoms with Crippen molar-refractivity contribution in [3.63, 3.8) is 0 Å². The fourth-order valence-electron chi connectivity index (χ4n) is 3.61. The van der Waals surface area contributed by atoms with Crippen LogP contribution in [0.3, 0.4) is 0 Å². The van der Waals surface area contributed by atoms with Crippen LogP contribution in [0.5, 0.6) is 17.2 Å². The number of methoxy groups -OCH3 is 3. The zero-order chi connectivity index (χ0) is 20.6. The van der Waals surface area contributed by atoms with Crippen LogP contribution < -0.4 is 29.3 Å². The van der Waals surface area contributed by atoms with Gasteiger partial charge in [-0.05, 0) is 18.2 Å². The first-order valence-corrected chi connectivity index (χ1v) is 9.83. The van der Waals surface area contributed by atoms with Gasteiger partial charge in [-0.1, -0.05) is 18.2 Å². The maximum absolute atomic E-state index is 12.5. The normalized spacial score (nSPS) is 14.4. The number of nitrogens with zero attached hydrogens (tertiary/aromatic N) is 1. The topological polar surface area (TPSA) is 64.5 Å². The molecule has 29 heavy (non-hydrogen) atoms. The SMILES string of the molecule is COc1cc(OC)c(OC)cc1CNC(=O)C[NH+]1CCN(c2ccccc2)CC1. The third kappa shape index (κ3) is 5.32. The molecule has 2 aromatic rings. The predicted octanol–water partition coefficient (Wildman–Crippen LogP) is 0.734. The van der Waals surface area contributed by atoms with E-state index in [0.29, 0.717) is 30.3 Å². The van der Waals surface area contributed by atoms with Gasteiger partial charge in [-0.2, -0.15) is 0 Å². The highest BCUT2D eigenvalue weighted by Gasteiger charge is 2.22. The molecule has 1 fully saturated rings. The highest BCUT2D eigenvalue weighted by Crippen LogP contribution is 2.34. The summed E-state index contributed by atoms with van der Waals surface area (Å²) in [4.78, 5) is 16.1. The molecule has 2 aromatic carbocycles. The number of piperazine rings is 1. The summed E-state index contributed by atoms with van der Waals surface area (Å²) in [6.45, 7) is 4.65. The van der Waals surface area contributed by atoms with Crippen molar-refractivity contribution in [2.75, 3.05) is 59.0 Å². The number of hydrogen-bond donors (Lipinski definition) is 2. The summed E-state index contributed by atoms with van der Waals surface area (Å²) in [6, 6.07) is 14.0. The number of amides is 1. The number of hydrogen-bond acceptors (Lipinski definition) is 5. The maximum atomic E-state index is 12.5. The van der Waals surface area contributed by atoms with Gasteiger partial charge in [0.1, 0.15) is 5.75 Å². The molecule has 0 bridgehead atoms. The van der Waals surface area contributed by atoms with E-state index in [1.165, 1.54) is 10.6 Å². The Balaban J connectivity index is 1.50. The van der Waals surface area contributed by atoms with Gasteiger partial charge in [0.05, 0.1) is 47.5 Å². The fourth-order valence-corrected chi connectivity index (χ4v) is 3.61. The molecule has 7 nitrogen and oxygen atoms in total. The number of quaternary nitrogens is 1. The van der Waals surface area contributed by atoms with Crippen molar-refractivity contribution in [1.29, 1.82) is 0 Å². The van der Waals surface area contributed by atoms with Crippen molar-refractivity contribution in [3.05, 3.63) is 48.0 Å². The Kier molecular flexibility index (Phi) is 7.19. The Hall–Kier alpha value is -2.93. The Morgan fingerprint density at radius 2 is 1.59 bits per heavy atom. The second-order valence-electron chi connectivity index (χ2n) is 7.05. The zero-order valence-corrected chi connectivity index (χ0v) is 17.4. The predicted molar refractivity (Wildman–Crippen MR) is 112 cm³/mol. The van der Waals surface area contributed by atoms with Gasteiger partial charge < -0.3 is 29.3 Å². The lowest BCUT2D eigenvalue weighted by Gasteiger charge is -2.33. The molecule has 1 aliphatic heterocycles. The quantitative estimate of drug-likeness (QED) is 0.684. The lowest BCUT2D eigenvalue weighted by molar-refractivity contribution is -0.892. The Labute approximate surface area is 172 Å². The number of para-hydroxylation sites is 1. The molecule has 3 rings (SSSR count). The standard InChI is InChI=1S/C22H29N3O4/c1-27-19-14-21(29-3)20(28-2)13-17(19)15-23-22(26)16-24-9-11-25(12-10-24)18-7-5-4-6-8-18/h4-8,13-14H,9-12,15-16H2,1-3H3,(H,23,26)/p+1. The van der Waals surface area contributed by atoms with E-state index in [-0.39, 0.29) is 5.91 Å². The lowest BCUT2D eigenvalue weighted by Crippen LogP contribution is -3.15. The van der Waals surface area contributed by atoms with Gasteiger partial charge in [-0.15, -0.1) is 0 Å². The van der Waals surface area contributed by atoms with E-state index in [4.69, 9.17) is 14.2 Å². The summed E-state index contributed by atoms with van der Waals surface area (Å²) in [7, 11) is 4.77. The Morgan fingerprint density at radius 1 is 0.966 bits per heavy atom. The van der Waals surface area contributed by atoms with Gasteiger partial charge in [-0.25, -0.2) is 0 Å². The van der Waals surface area contributed by atoms with Gasteiger partial charge in [0.15, 0.2) is 18.0 Å². The Bertz CT molecular complexity index is 805. The second-order valence-corrected chi connectivity index (χ2v) is 7.05. The van der Waals surface area contributed by atoms with Gasteiger partial charge in [0.25, 0.3) is 5.91 Å². The van der Waals surface area contributed by atoms with Crippen molar-refractivity contribution in [1.82, 2.24) is 5.32 Å². The van der Waals surface area contributed by atoms with Crippen molar-refractivity contribution in [2.45, 2.75) is 6.54 Å². The van der Waals surface area contributed by atoms with Crippen LogP contribution >= 0.6 is 0 Å². The van der Waals surface area contributed by atoms with E-state index in [1.54, 1.807) is 27.4 Å². The minimum absolute atomic E-state index is 0.0324. The van der Waals surface area contributed by atoms with E-state index >= 15 is 0 Å². The number of carbonyl (C=O) groups excluding carboxylic acids is 1. The van der Waals surface area contributed by atoms with Gasteiger partial charge in [0.2, 0.25) is 0 Å². The molecule has 0 saturated carbocycles. The molecule has 1 heterocycles. The van der Waals surface area contributed by atoms with Crippen molar-refractivity contribution in [3.8, 4) is 17.2 Å². The minimum atomic E-state index is 0.0324. The summed E-state index contributed by atoms with van der Waals surface area (Å²) in [6.07, 6.45) is 0.